The van der Waals surface area contributed by atoms with Crippen molar-refractivity contribution in [3.05, 3.63) is 75.9 Å². The molecule has 4 heterocycles. The van der Waals surface area contributed by atoms with E-state index in [2.05, 4.69) is 20.1 Å². The highest BCUT2D eigenvalue weighted by Crippen LogP contribution is 2.27. The van der Waals surface area contributed by atoms with Gasteiger partial charge in [-0.25, -0.2) is 24.6 Å². The van der Waals surface area contributed by atoms with E-state index in [1.54, 1.807) is 28.4 Å². The van der Waals surface area contributed by atoms with Gasteiger partial charge in [-0.1, -0.05) is 18.2 Å². The Morgan fingerprint density at radius 2 is 1.85 bits per heavy atom. The lowest BCUT2D eigenvalue weighted by atomic mass is 10.1. The molecule has 10 heteroatoms. The van der Waals surface area contributed by atoms with Crippen LogP contribution in [0.15, 0.2) is 47.7 Å². The monoisotopic (exact) mass is 442 g/mol. The maximum Gasteiger partial charge on any atom is 0.267 e. The fourth-order valence-corrected chi connectivity index (χ4v) is 4.06. The number of aliphatic hydroxyl groups is 1. The molecule has 3 N–H and O–H groups in total. The number of hydrogen-bond acceptors (Lipinski definition) is 8. The Labute approximate surface area is 188 Å². The second-order valence-corrected chi connectivity index (χ2v) is 7.96. The molecule has 0 aliphatic heterocycles. The highest BCUT2D eigenvalue weighted by Gasteiger charge is 2.22. The zero-order chi connectivity index (χ0) is 23.3. The maximum absolute atomic E-state index is 13.7. The van der Waals surface area contributed by atoms with Crippen molar-refractivity contribution in [2.45, 2.75) is 33.4 Å². The highest BCUT2D eigenvalue weighted by atomic mass is 16.3. The molecule has 33 heavy (non-hydrogen) atoms. The summed E-state index contributed by atoms with van der Waals surface area (Å²) >= 11 is 0. The van der Waals surface area contributed by atoms with Gasteiger partial charge in [0.1, 0.15) is 30.2 Å². The van der Waals surface area contributed by atoms with E-state index >= 15 is 0 Å². The molecular weight excluding hydrogens is 420 g/mol. The molecule has 0 aliphatic rings. The number of aryl methyl sites for hydroxylation is 2. The first-order valence-corrected chi connectivity index (χ1v) is 10.4. The smallest absolute Gasteiger partial charge is 0.267 e. The van der Waals surface area contributed by atoms with E-state index < -0.39 is 6.10 Å². The van der Waals surface area contributed by atoms with Gasteiger partial charge in [-0.05, 0) is 44.0 Å². The van der Waals surface area contributed by atoms with Crippen molar-refractivity contribution in [1.29, 1.82) is 0 Å². The summed E-state index contributed by atoms with van der Waals surface area (Å²) in [5.41, 5.74) is 9.46. The predicted octanol–water partition coefficient (Wildman–Crippen LogP) is 2.22. The van der Waals surface area contributed by atoms with Crippen LogP contribution in [0.2, 0.25) is 0 Å². The van der Waals surface area contributed by atoms with Gasteiger partial charge in [0.05, 0.1) is 22.6 Å². The molecule has 1 aromatic carbocycles. The molecular formula is C23H22N8O2. The zero-order valence-corrected chi connectivity index (χ0v) is 18.4. The van der Waals surface area contributed by atoms with Crippen molar-refractivity contribution >= 4 is 27.9 Å². The Morgan fingerprint density at radius 1 is 1.06 bits per heavy atom. The Kier molecular flexibility index (Phi) is 4.86. The Morgan fingerprint density at radius 3 is 2.61 bits per heavy atom. The van der Waals surface area contributed by atoms with Crippen molar-refractivity contribution in [2.24, 2.45) is 0 Å². The first-order chi connectivity index (χ1) is 15.9. The number of benzene rings is 1. The standard InChI is InChI=1S/C23H22N8O2/c1-12-6-4-5-7-15(12)31-16(28-21-17(23(31)33)13(2)8-9-25-21)10-30-22-18(19(29-30)14(3)32)20(24)26-11-27-22/h4-9,11,14,32H,10H2,1-3H3,(H2,24,26,27)/t14-/m1/s1. The molecule has 0 bridgehead atoms. The van der Waals surface area contributed by atoms with E-state index in [1.807, 2.05) is 38.1 Å². The van der Waals surface area contributed by atoms with E-state index in [-0.39, 0.29) is 17.9 Å². The molecule has 166 valence electrons. The number of nitrogens with two attached hydrogens (primary N) is 1. The van der Waals surface area contributed by atoms with Crippen molar-refractivity contribution in [3.8, 4) is 5.69 Å². The van der Waals surface area contributed by atoms with Crippen LogP contribution in [0.3, 0.4) is 0 Å². The second kappa shape index (κ2) is 7.75. The SMILES string of the molecule is Cc1ccccc1-n1c(Cn2nc([C@@H](C)O)c3c(N)ncnc32)nc2nccc(C)c2c1=O. The quantitative estimate of drug-likeness (QED) is 0.432. The largest absolute Gasteiger partial charge is 0.387 e. The van der Waals surface area contributed by atoms with Gasteiger partial charge in [-0.15, -0.1) is 0 Å². The first-order valence-electron chi connectivity index (χ1n) is 10.4. The van der Waals surface area contributed by atoms with Crippen LogP contribution in [0.1, 0.15) is 35.7 Å². The van der Waals surface area contributed by atoms with Crippen molar-refractivity contribution < 1.29 is 5.11 Å². The average molecular weight is 442 g/mol. The summed E-state index contributed by atoms with van der Waals surface area (Å²) in [4.78, 5) is 31.2. The number of rotatable bonds is 4. The first kappa shape index (κ1) is 20.7. The van der Waals surface area contributed by atoms with Gasteiger partial charge >= 0.3 is 0 Å². The van der Waals surface area contributed by atoms with Gasteiger partial charge in [0, 0.05) is 6.20 Å². The van der Waals surface area contributed by atoms with Crippen LogP contribution < -0.4 is 11.3 Å². The fraction of sp³-hybridized carbons (Fsp3) is 0.217. The lowest BCUT2D eigenvalue weighted by molar-refractivity contribution is 0.194. The summed E-state index contributed by atoms with van der Waals surface area (Å²) in [7, 11) is 0. The van der Waals surface area contributed by atoms with Crippen LogP contribution in [0.4, 0.5) is 5.82 Å². The molecule has 0 saturated carbocycles. The maximum atomic E-state index is 13.7. The van der Waals surface area contributed by atoms with Crippen molar-refractivity contribution in [3.63, 3.8) is 0 Å². The molecule has 10 nitrogen and oxygen atoms in total. The highest BCUT2D eigenvalue weighted by molar-refractivity contribution is 5.88. The van der Waals surface area contributed by atoms with E-state index in [4.69, 9.17) is 10.7 Å². The van der Waals surface area contributed by atoms with Gasteiger partial charge in [0.25, 0.3) is 5.56 Å². The fourth-order valence-electron chi connectivity index (χ4n) is 4.06. The minimum Gasteiger partial charge on any atom is -0.387 e. The number of aromatic nitrogens is 7. The van der Waals surface area contributed by atoms with Crippen LogP contribution in [0.5, 0.6) is 0 Å². The molecule has 5 aromatic rings. The topological polar surface area (TPSA) is 138 Å². The molecule has 1 atom stereocenters. The molecule has 0 radical (unpaired) electrons. The van der Waals surface area contributed by atoms with Gasteiger partial charge in [0.2, 0.25) is 0 Å². The number of anilines is 1. The molecule has 0 aliphatic carbocycles. The third-order valence-corrected chi connectivity index (χ3v) is 5.68. The van der Waals surface area contributed by atoms with Gasteiger partial charge in [0.15, 0.2) is 11.3 Å². The molecule has 5 rings (SSSR count). The minimum absolute atomic E-state index is 0.106. The summed E-state index contributed by atoms with van der Waals surface area (Å²) in [6, 6.07) is 9.40. The minimum atomic E-state index is -0.880. The van der Waals surface area contributed by atoms with E-state index in [0.717, 1.165) is 16.8 Å². The third-order valence-electron chi connectivity index (χ3n) is 5.68. The Bertz CT molecular complexity index is 1590. The number of hydrogen-bond donors (Lipinski definition) is 2. The number of nitrogen functional groups attached to an aromatic ring is 1. The predicted molar refractivity (Wildman–Crippen MR) is 124 cm³/mol. The molecule has 4 aromatic heterocycles. The van der Waals surface area contributed by atoms with Crippen LogP contribution in [0.25, 0.3) is 27.8 Å². The number of aliphatic hydroxyl groups excluding tert-OH is 1. The van der Waals surface area contributed by atoms with Crippen molar-refractivity contribution in [2.75, 3.05) is 5.73 Å². The van der Waals surface area contributed by atoms with E-state index in [0.29, 0.717) is 33.6 Å². The summed E-state index contributed by atoms with van der Waals surface area (Å²) in [5.74, 6) is 0.654. The molecule has 0 fully saturated rings. The van der Waals surface area contributed by atoms with Crippen LogP contribution >= 0.6 is 0 Å². The molecule has 0 spiro atoms. The number of para-hydroxylation sites is 1. The van der Waals surface area contributed by atoms with Crippen LogP contribution in [0, 0.1) is 13.8 Å². The van der Waals surface area contributed by atoms with Crippen LogP contribution in [-0.4, -0.2) is 39.4 Å². The summed E-state index contributed by atoms with van der Waals surface area (Å²) in [6.07, 6.45) is 2.10. The number of pyridine rings is 1. The average Bonchev–Trinajstić information content (AvgIpc) is 3.15. The lowest BCUT2D eigenvalue weighted by Crippen LogP contribution is -2.27. The van der Waals surface area contributed by atoms with Gasteiger partial charge in [-0.3, -0.25) is 9.36 Å². The molecule has 0 unspecified atom stereocenters. The summed E-state index contributed by atoms with van der Waals surface area (Å²) in [5, 5.41) is 15.7. The third kappa shape index (κ3) is 3.31. The zero-order valence-electron chi connectivity index (χ0n) is 18.4. The second-order valence-electron chi connectivity index (χ2n) is 7.96. The molecule has 0 saturated heterocycles. The van der Waals surface area contributed by atoms with Crippen molar-refractivity contribution in [1.82, 2.24) is 34.3 Å². The van der Waals surface area contributed by atoms with E-state index in [1.165, 1.54) is 6.33 Å². The Balaban J connectivity index is 1.81. The van der Waals surface area contributed by atoms with Gasteiger partial charge < -0.3 is 10.8 Å². The number of nitrogens with zero attached hydrogens (tertiary/aromatic N) is 7. The lowest BCUT2D eigenvalue weighted by Gasteiger charge is -2.16. The van der Waals surface area contributed by atoms with Gasteiger partial charge in [-0.2, -0.15) is 5.10 Å². The van der Waals surface area contributed by atoms with Crippen LogP contribution in [-0.2, 0) is 6.54 Å². The normalized spacial score (nSPS) is 12.5. The van der Waals surface area contributed by atoms with E-state index in [9.17, 15) is 9.90 Å². The summed E-state index contributed by atoms with van der Waals surface area (Å²) in [6.45, 7) is 5.51. The summed E-state index contributed by atoms with van der Waals surface area (Å²) < 4.78 is 3.17. The molecule has 0 amide bonds. The number of fused-ring (bicyclic) bond motifs is 2. The Hall–Kier alpha value is -4.18.